The molecule has 1 aromatic heterocycles. The lowest BCUT2D eigenvalue weighted by Gasteiger charge is -2.03. The Bertz CT molecular complexity index is 304. The normalized spacial score (nSPS) is 9.69. The average Bonchev–Trinajstić information content (AvgIpc) is 2.18. The van der Waals surface area contributed by atoms with Crippen LogP contribution in [0.2, 0.25) is 0 Å². The van der Waals surface area contributed by atoms with Gasteiger partial charge >= 0.3 is 5.97 Å². The Kier molecular flexibility index (Phi) is 3.70. The van der Waals surface area contributed by atoms with E-state index in [1.165, 1.54) is 24.3 Å². The smallest absolute Gasteiger partial charge is 0.342 e. The summed E-state index contributed by atoms with van der Waals surface area (Å²) >= 11 is 1.40. The predicted octanol–water partition coefficient (Wildman–Crippen LogP) is 1.38. The number of carbonyl (C=O) groups is 1. The molecule has 0 unspecified atom stereocenters. The lowest BCUT2D eigenvalue weighted by Crippen LogP contribution is -2.07. The molecule has 0 aliphatic heterocycles. The maximum absolute atomic E-state index is 11.3. The Morgan fingerprint density at radius 2 is 2.46 bits per heavy atom. The molecule has 13 heavy (non-hydrogen) atoms. The van der Waals surface area contributed by atoms with Crippen LogP contribution in [0.1, 0.15) is 17.3 Å². The van der Waals surface area contributed by atoms with Crippen LogP contribution in [0.25, 0.3) is 0 Å². The molecule has 0 aliphatic carbocycles. The van der Waals surface area contributed by atoms with Crippen LogP contribution in [0.3, 0.4) is 0 Å². The number of thioether (sulfide) groups is 1. The van der Waals surface area contributed by atoms with Gasteiger partial charge in [0.1, 0.15) is 16.9 Å². The van der Waals surface area contributed by atoms with Gasteiger partial charge < -0.3 is 4.74 Å². The van der Waals surface area contributed by atoms with Crippen molar-refractivity contribution in [2.24, 2.45) is 0 Å². The highest BCUT2D eigenvalue weighted by Gasteiger charge is 2.12. The molecule has 0 fully saturated rings. The van der Waals surface area contributed by atoms with E-state index in [9.17, 15) is 4.79 Å². The molecule has 0 spiro atoms. The van der Waals surface area contributed by atoms with Gasteiger partial charge in [0.05, 0.1) is 6.61 Å². The molecular formula is C8H10N2O2S. The van der Waals surface area contributed by atoms with Crippen LogP contribution in [0.5, 0.6) is 0 Å². The fourth-order valence-electron chi connectivity index (χ4n) is 0.830. The van der Waals surface area contributed by atoms with E-state index in [1.807, 2.05) is 6.26 Å². The summed E-state index contributed by atoms with van der Waals surface area (Å²) in [6.07, 6.45) is 4.73. The van der Waals surface area contributed by atoms with E-state index < -0.39 is 0 Å². The molecule has 0 saturated carbocycles. The van der Waals surface area contributed by atoms with Gasteiger partial charge in [-0.25, -0.2) is 14.8 Å². The van der Waals surface area contributed by atoms with E-state index >= 15 is 0 Å². The van der Waals surface area contributed by atoms with E-state index in [0.717, 1.165) is 0 Å². The molecular weight excluding hydrogens is 188 g/mol. The lowest BCUT2D eigenvalue weighted by atomic mass is 10.3. The van der Waals surface area contributed by atoms with Gasteiger partial charge in [-0.2, -0.15) is 0 Å². The van der Waals surface area contributed by atoms with Gasteiger partial charge in [0.25, 0.3) is 0 Å². The van der Waals surface area contributed by atoms with Crippen LogP contribution in [0.4, 0.5) is 0 Å². The Hall–Kier alpha value is -1.10. The van der Waals surface area contributed by atoms with Gasteiger partial charge in [0.2, 0.25) is 0 Å². The number of aromatic nitrogens is 2. The van der Waals surface area contributed by atoms with Gasteiger partial charge in [-0.15, -0.1) is 11.8 Å². The maximum Gasteiger partial charge on any atom is 0.342 e. The van der Waals surface area contributed by atoms with Crippen LogP contribution in [-0.4, -0.2) is 28.8 Å². The summed E-state index contributed by atoms with van der Waals surface area (Å²) in [6, 6.07) is 0. The second-order valence-electron chi connectivity index (χ2n) is 2.17. The quantitative estimate of drug-likeness (QED) is 0.417. The summed E-state index contributed by atoms with van der Waals surface area (Å²) < 4.78 is 4.84. The third-order valence-electron chi connectivity index (χ3n) is 1.36. The van der Waals surface area contributed by atoms with Crippen LogP contribution in [0.15, 0.2) is 17.6 Å². The van der Waals surface area contributed by atoms with Crippen LogP contribution >= 0.6 is 11.8 Å². The first-order valence-corrected chi connectivity index (χ1v) is 5.03. The number of hydrogen-bond donors (Lipinski definition) is 0. The van der Waals surface area contributed by atoms with E-state index in [4.69, 9.17) is 4.74 Å². The summed E-state index contributed by atoms with van der Waals surface area (Å²) in [7, 11) is 0. The fraction of sp³-hybridized carbons (Fsp3) is 0.375. The second-order valence-corrected chi connectivity index (χ2v) is 2.96. The molecule has 0 atom stereocenters. The summed E-state index contributed by atoms with van der Waals surface area (Å²) in [5.74, 6) is -0.368. The molecule has 1 heterocycles. The number of nitrogens with zero attached hydrogens (tertiary/aromatic N) is 2. The number of carbonyl (C=O) groups excluding carboxylic acids is 1. The summed E-state index contributed by atoms with van der Waals surface area (Å²) in [5, 5.41) is 0.647. The zero-order chi connectivity index (χ0) is 9.68. The fourth-order valence-corrected chi connectivity index (χ4v) is 1.34. The zero-order valence-electron chi connectivity index (χ0n) is 7.48. The van der Waals surface area contributed by atoms with Crippen molar-refractivity contribution < 1.29 is 9.53 Å². The maximum atomic E-state index is 11.3. The van der Waals surface area contributed by atoms with Crippen molar-refractivity contribution in [2.45, 2.75) is 11.9 Å². The molecule has 70 valence electrons. The van der Waals surface area contributed by atoms with Crippen molar-refractivity contribution in [3.63, 3.8) is 0 Å². The van der Waals surface area contributed by atoms with Gasteiger partial charge in [0.15, 0.2) is 0 Å². The minimum atomic E-state index is -0.368. The highest BCUT2D eigenvalue weighted by molar-refractivity contribution is 7.98. The molecule has 0 radical (unpaired) electrons. The van der Waals surface area contributed by atoms with E-state index in [0.29, 0.717) is 17.2 Å². The molecule has 0 saturated heterocycles. The van der Waals surface area contributed by atoms with Gasteiger partial charge in [-0.1, -0.05) is 0 Å². The van der Waals surface area contributed by atoms with Gasteiger partial charge in [-0.3, -0.25) is 0 Å². The molecule has 0 amide bonds. The van der Waals surface area contributed by atoms with Crippen LogP contribution in [-0.2, 0) is 4.74 Å². The lowest BCUT2D eigenvalue weighted by molar-refractivity contribution is 0.0520. The average molecular weight is 198 g/mol. The molecule has 0 aromatic carbocycles. The van der Waals surface area contributed by atoms with Gasteiger partial charge in [0, 0.05) is 6.20 Å². The zero-order valence-corrected chi connectivity index (χ0v) is 8.30. The molecule has 0 N–H and O–H groups in total. The number of hydrogen-bond acceptors (Lipinski definition) is 5. The van der Waals surface area contributed by atoms with E-state index in [-0.39, 0.29) is 5.97 Å². The minimum absolute atomic E-state index is 0.363. The molecule has 5 heteroatoms. The molecule has 4 nitrogen and oxygen atoms in total. The summed E-state index contributed by atoms with van der Waals surface area (Å²) in [6.45, 7) is 2.13. The molecule has 0 aliphatic rings. The number of esters is 1. The standard InChI is InChI=1S/C8H10N2O2S/c1-3-12-8(11)6-4-9-5-10-7(6)13-2/h4-5H,3H2,1-2H3. The van der Waals surface area contributed by atoms with E-state index in [1.54, 1.807) is 6.92 Å². The summed E-state index contributed by atoms with van der Waals surface area (Å²) in [4.78, 5) is 19.0. The van der Waals surface area contributed by atoms with Crippen molar-refractivity contribution in [3.8, 4) is 0 Å². The second kappa shape index (κ2) is 4.81. The largest absolute Gasteiger partial charge is 0.462 e. The van der Waals surface area contributed by atoms with Crippen molar-refractivity contribution >= 4 is 17.7 Å². The van der Waals surface area contributed by atoms with Gasteiger partial charge in [-0.05, 0) is 13.2 Å². The Morgan fingerprint density at radius 3 is 3.08 bits per heavy atom. The monoisotopic (exact) mass is 198 g/mol. The highest BCUT2D eigenvalue weighted by atomic mass is 32.2. The third kappa shape index (κ3) is 2.42. The minimum Gasteiger partial charge on any atom is -0.462 e. The predicted molar refractivity (Wildman–Crippen MR) is 49.8 cm³/mol. The van der Waals surface area contributed by atoms with Crippen LogP contribution < -0.4 is 0 Å². The Balaban J connectivity index is 2.92. The summed E-state index contributed by atoms with van der Waals surface area (Å²) in [5.41, 5.74) is 0.428. The SMILES string of the molecule is CCOC(=O)c1cncnc1SC. The number of rotatable bonds is 3. The van der Waals surface area contributed by atoms with E-state index in [2.05, 4.69) is 9.97 Å². The Morgan fingerprint density at radius 1 is 1.69 bits per heavy atom. The van der Waals surface area contributed by atoms with Crippen LogP contribution in [0, 0.1) is 0 Å². The first-order chi connectivity index (χ1) is 6.29. The van der Waals surface area contributed by atoms with Crippen molar-refractivity contribution in [1.82, 2.24) is 9.97 Å². The topological polar surface area (TPSA) is 52.1 Å². The highest BCUT2D eigenvalue weighted by Crippen LogP contribution is 2.16. The van der Waals surface area contributed by atoms with Crippen molar-refractivity contribution in [1.29, 1.82) is 0 Å². The first-order valence-electron chi connectivity index (χ1n) is 3.80. The third-order valence-corrected chi connectivity index (χ3v) is 2.08. The van der Waals surface area contributed by atoms with Crippen molar-refractivity contribution in [2.75, 3.05) is 12.9 Å². The molecule has 0 bridgehead atoms. The number of ether oxygens (including phenoxy) is 1. The first kappa shape index (κ1) is 9.98. The van der Waals surface area contributed by atoms with Crippen molar-refractivity contribution in [3.05, 3.63) is 18.1 Å². The molecule has 1 aromatic rings. The molecule has 1 rings (SSSR count). The Labute approximate surface area is 80.7 Å².